The first-order chi connectivity index (χ1) is 15.8. The van der Waals surface area contributed by atoms with E-state index in [1.165, 1.54) is 25.9 Å². The van der Waals surface area contributed by atoms with Gasteiger partial charge in [-0.15, -0.1) is 0 Å². The van der Waals surface area contributed by atoms with E-state index in [2.05, 4.69) is 0 Å². The van der Waals surface area contributed by atoms with Crippen molar-refractivity contribution in [1.82, 2.24) is 4.57 Å². The second-order valence-electron chi connectivity index (χ2n) is 7.30. The molecule has 1 aromatic heterocycles. The molecule has 0 bridgehead atoms. The Morgan fingerprint density at radius 1 is 1.15 bits per heavy atom. The predicted molar refractivity (Wildman–Crippen MR) is 113 cm³/mol. The molecular weight excluding hydrogens is 442 g/mol. The molecule has 9 nitrogen and oxygen atoms in total. The Bertz CT molecular complexity index is 1110. The molecule has 11 heteroatoms. The minimum atomic E-state index is -0.937. The van der Waals surface area contributed by atoms with Crippen LogP contribution in [0.4, 0.5) is 14.5 Å². The normalized spacial score (nSPS) is 13.2. The zero-order valence-corrected chi connectivity index (χ0v) is 18.6. The molecule has 0 N–H and O–H groups in total. The lowest BCUT2D eigenvalue weighted by molar-refractivity contribution is -0.111. The zero-order valence-electron chi connectivity index (χ0n) is 18.6. The van der Waals surface area contributed by atoms with E-state index < -0.39 is 41.0 Å². The summed E-state index contributed by atoms with van der Waals surface area (Å²) in [7, 11) is 5.06. The summed E-state index contributed by atoms with van der Waals surface area (Å²) in [5.74, 6) is -3.85. The number of aromatic nitrogens is 1. The largest absolute Gasteiger partial charge is 0.491 e. The van der Waals surface area contributed by atoms with Crippen LogP contribution < -0.4 is 15.1 Å². The highest BCUT2D eigenvalue weighted by atomic mass is 19.1. The zero-order chi connectivity index (χ0) is 24.3. The number of amides is 1. The number of rotatable bonds is 9. The molecule has 0 atom stereocenters. The number of anilines is 1. The van der Waals surface area contributed by atoms with Crippen molar-refractivity contribution in [3.63, 3.8) is 0 Å². The number of hydrogen-bond donors (Lipinski definition) is 0. The third-order valence-electron chi connectivity index (χ3n) is 5.22. The number of carbonyl (C=O) groups is 2. The van der Waals surface area contributed by atoms with Gasteiger partial charge in [0.25, 0.3) is 5.91 Å². The van der Waals surface area contributed by atoms with E-state index in [9.17, 15) is 23.2 Å². The second kappa shape index (κ2) is 10.1. The molecule has 1 aliphatic carbocycles. The molecule has 0 spiro atoms. The van der Waals surface area contributed by atoms with Gasteiger partial charge in [-0.2, -0.15) is 0 Å². The van der Waals surface area contributed by atoms with Crippen LogP contribution in [0.25, 0.3) is 0 Å². The van der Waals surface area contributed by atoms with Gasteiger partial charge in [0.05, 0.1) is 26.5 Å². The van der Waals surface area contributed by atoms with Crippen molar-refractivity contribution in [1.29, 1.82) is 0 Å². The first-order valence-corrected chi connectivity index (χ1v) is 10.0. The molecule has 1 heterocycles. The van der Waals surface area contributed by atoms with E-state index in [-0.39, 0.29) is 29.5 Å². The Morgan fingerprint density at radius 2 is 1.82 bits per heavy atom. The summed E-state index contributed by atoms with van der Waals surface area (Å²) in [5, 5.41) is 0. The Kier molecular flexibility index (Phi) is 7.44. The summed E-state index contributed by atoms with van der Waals surface area (Å²) >= 11 is 0. The standard InChI is InChI=1S/C22H24F2N2O7/c1-30-17(31-2)11-25-10-14(19(27)20(32-3)18(25)22(29)33-4)21(28)26(13-6-7-13)16-8-5-12(23)9-15(16)24/h5,8-10,13,17H,6-7,11H2,1-4H3. The van der Waals surface area contributed by atoms with E-state index in [1.807, 2.05) is 0 Å². The van der Waals surface area contributed by atoms with Crippen LogP contribution in [0.1, 0.15) is 33.7 Å². The van der Waals surface area contributed by atoms with Gasteiger partial charge in [-0.1, -0.05) is 0 Å². The number of ether oxygens (including phenoxy) is 4. The maximum absolute atomic E-state index is 14.5. The lowest BCUT2D eigenvalue weighted by atomic mass is 10.1. The molecule has 0 radical (unpaired) electrons. The number of halogens is 2. The Labute approximate surface area is 188 Å². The summed E-state index contributed by atoms with van der Waals surface area (Å²) in [5.41, 5.74) is -1.65. The molecule has 1 aliphatic rings. The maximum atomic E-state index is 14.5. The first kappa shape index (κ1) is 24.3. The molecule has 178 valence electrons. The average molecular weight is 466 g/mol. The van der Waals surface area contributed by atoms with Crippen LogP contribution in [-0.2, 0) is 20.8 Å². The molecule has 0 aliphatic heterocycles. The number of benzene rings is 1. The highest BCUT2D eigenvalue weighted by molar-refractivity contribution is 6.07. The van der Waals surface area contributed by atoms with Crippen molar-refractivity contribution in [3.05, 3.63) is 57.5 Å². The van der Waals surface area contributed by atoms with Gasteiger partial charge in [0.15, 0.2) is 17.7 Å². The summed E-state index contributed by atoms with van der Waals surface area (Å²) in [6.45, 7) is -0.0946. The van der Waals surface area contributed by atoms with E-state index in [4.69, 9.17) is 18.9 Å². The first-order valence-electron chi connectivity index (χ1n) is 10.0. The van der Waals surface area contributed by atoms with Crippen molar-refractivity contribution in [2.45, 2.75) is 31.7 Å². The number of carbonyl (C=O) groups excluding carboxylic acids is 2. The van der Waals surface area contributed by atoms with Gasteiger partial charge >= 0.3 is 5.97 Å². The highest BCUT2D eigenvalue weighted by Crippen LogP contribution is 2.34. The molecule has 3 rings (SSSR count). The fraction of sp³-hybridized carbons (Fsp3) is 0.409. The van der Waals surface area contributed by atoms with Crippen molar-refractivity contribution in [3.8, 4) is 5.75 Å². The van der Waals surface area contributed by atoms with Gasteiger partial charge in [0.2, 0.25) is 5.43 Å². The molecular formula is C22H24F2N2O7. The van der Waals surface area contributed by atoms with Gasteiger partial charge in [-0.25, -0.2) is 13.6 Å². The van der Waals surface area contributed by atoms with E-state index in [0.29, 0.717) is 18.9 Å². The number of pyridine rings is 1. The lowest BCUT2D eigenvalue weighted by Gasteiger charge is -2.25. The van der Waals surface area contributed by atoms with E-state index in [1.54, 1.807) is 0 Å². The minimum Gasteiger partial charge on any atom is -0.491 e. The smallest absolute Gasteiger partial charge is 0.358 e. The third kappa shape index (κ3) is 4.88. The molecule has 1 amide bonds. The van der Waals surface area contributed by atoms with Crippen molar-refractivity contribution < 1.29 is 37.3 Å². The Morgan fingerprint density at radius 3 is 2.33 bits per heavy atom. The lowest BCUT2D eigenvalue weighted by Crippen LogP contribution is -2.38. The Hall–Kier alpha value is -3.31. The highest BCUT2D eigenvalue weighted by Gasteiger charge is 2.38. The third-order valence-corrected chi connectivity index (χ3v) is 5.22. The van der Waals surface area contributed by atoms with Gasteiger partial charge < -0.3 is 28.4 Å². The molecule has 1 aromatic carbocycles. The number of nitrogens with zero attached hydrogens (tertiary/aromatic N) is 2. The van der Waals surface area contributed by atoms with Crippen molar-refractivity contribution in [2.75, 3.05) is 33.3 Å². The van der Waals surface area contributed by atoms with Crippen molar-refractivity contribution >= 4 is 17.6 Å². The maximum Gasteiger partial charge on any atom is 0.358 e. The molecule has 0 saturated heterocycles. The van der Waals surface area contributed by atoms with Crippen LogP contribution >= 0.6 is 0 Å². The summed E-state index contributed by atoms with van der Waals surface area (Å²) in [4.78, 5) is 40.2. The van der Waals surface area contributed by atoms with Crippen LogP contribution in [0.2, 0.25) is 0 Å². The van der Waals surface area contributed by atoms with Gasteiger partial charge in [-0.05, 0) is 25.0 Å². The average Bonchev–Trinajstić information content (AvgIpc) is 3.63. The molecule has 0 unspecified atom stereocenters. The molecule has 1 saturated carbocycles. The quantitative estimate of drug-likeness (QED) is 0.414. The topological polar surface area (TPSA) is 96.3 Å². The van der Waals surface area contributed by atoms with E-state index in [0.717, 1.165) is 30.3 Å². The van der Waals surface area contributed by atoms with Gasteiger partial charge in [-0.3, -0.25) is 9.59 Å². The predicted octanol–water partition coefficient (Wildman–Crippen LogP) is 2.35. The van der Waals surface area contributed by atoms with Crippen LogP contribution in [0, 0.1) is 11.6 Å². The number of hydrogen-bond acceptors (Lipinski definition) is 7. The summed E-state index contributed by atoms with van der Waals surface area (Å²) in [6.07, 6.45) is 1.49. The molecule has 1 fully saturated rings. The van der Waals surface area contributed by atoms with Gasteiger partial charge in [0, 0.05) is 32.5 Å². The summed E-state index contributed by atoms with van der Waals surface area (Å²) in [6, 6.07) is 2.48. The monoisotopic (exact) mass is 466 g/mol. The number of esters is 1. The molecule has 33 heavy (non-hydrogen) atoms. The minimum absolute atomic E-state index is 0.0946. The Balaban J connectivity index is 2.19. The SMILES string of the molecule is COC(=O)c1c(OC)c(=O)c(C(=O)N(c2ccc(F)cc2F)C2CC2)cn1CC(OC)OC. The van der Waals surface area contributed by atoms with Crippen LogP contribution in [0.3, 0.4) is 0 Å². The molecule has 2 aromatic rings. The van der Waals surface area contributed by atoms with Gasteiger partial charge in [0.1, 0.15) is 17.2 Å². The van der Waals surface area contributed by atoms with E-state index >= 15 is 0 Å². The van der Waals surface area contributed by atoms with Crippen molar-refractivity contribution in [2.24, 2.45) is 0 Å². The van der Waals surface area contributed by atoms with Crippen LogP contribution in [-0.4, -0.2) is 57.2 Å². The van der Waals surface area contributed by atoms with Crippen LogP contribution in [0.15, 0.2) is 29.2 Å². The summed E-state index contributed by atoms with van der Waals surface area (Å²) < 4.78 is 49.5. The second-order valence-corrected chi connectivity index (χ2v) is 7.30. The van der Waals surface area contributed by atoms with Crippen LogP contribution in [0.5, 0.6) is 5.75 Å². The number of methoxy groups -OCH3 is 4. The fourth-order valence-corrected chi connectivity index (χ4v) is 3.45. The fourth-order valence-electron chi connectivity index (χ4n) is 3.45.